The summed E-state index contributed by atoms with van der Waals surface area (Å²) in [6, 6.07) is 2.66. The van der Waals surface area contributed by atoms with E-state index in [1.165, 1.54) is 12.1 Å². The molecule has 1 aliphatic rings. The van der Waals surface area contributed by atoms with E-state index in [-0.39, 0.29) is 30.2 Å². The Morgan fingerprint density at radius 1 is 1.48 bits per heavy atom. The normalized spacial score (nSPS) is 14.3. The highest BCUT2D eigenvalue weighted by atomic mass is 16.6. The van der Waals surface area contributed by atoms with Gasteiger partial charge in [0.15, 0.2) is 6.61 Å². The van der Waals surface area contributed by atoms with E-state index in [1.807, 2.05) is 0 Å². The summed E-state index contributed by atoms with van der Waals surface area (Å²) >= 11 is 0. The van der Waals surface area contributed by atoms with E-state index in [0.717, 1.165) is 11.0 Å². The van der Waals surface area contributed by atoms with Gasteiger partial charge in [-0.15, -0.1) is 0 Å². The number of fused-ring (bicyclic) bond motifs is 1. The van der Waals surface area contributed by atoms with Gasteiger partial charge in [-0.3, -0.25) is 24.6 Å². The van der Waals surface area contributed by atoms with Gasteiger partial charge in [0.2, 0.25) is 5.91 Å². The van der Waals surface area contributed by atoms with Crippen molar-refractivity contribution < 1.29 is 29.2 Å². The molecule has 1 atom stereocenters. The molecule has 0 bridgehead atoms. The van der Waals surface area contributed by atoms with Crippen LogP contribution in [0.2, 0.25) is 0 Å². The highest BCUT2D eigenvalue weighted by molar-refractivity contribution is 6.02. The van der Waals surface area contributed by atoms with Crippen LogP contribution >= 0.6 is 0 Å². The molecule has 10 heteroatoms. The summed E-state index contributed by atoms with van der Waals surface area (Å²) in [6.07, 6.45) is 0.808. The van der Waals surface area contributed by atoms with Crippen molar-refractivity contribution in [3.8, 4) is 5.75 Å². The average molecular weight is 351 g/mol. The van der Waals surface area contributed by atoms with Crippen molar-refractivity contribution in [2.75, 3.05) is 18.1 Å². The molecule has 0 saturated heterocycles. The van der Waals surface area contributed by atoms with Crippen molar-refractivity contribution in [3.63, 3.8) is 0 Å². The lowest BCUT2D eigenvalue weighted by molar-refractivity contribution is -0.384. The van der Waals surface area contributed by atoms with Crippen molar-refractivity contribution >= 4 is 29.2 Å². The zero-order chi connectivity index (χ0) is 18.6. The number of hydrogen-bond donors (Lipinski definition) is 2. The third-order valence-corrected chi connectivity index (χ3v) is 3.61. The van der Waals surface area contributed by atoms with Crippen LogP contribution in [-0.2, 0) is 14.4 Å². The number of hydrogen-bond acceptors (Lipinski definition) is 6. The summed E-state index contributed by atoms with van der Waals surface area (Å²) in [5.41, 5.74) is -0.153. The number of nitrogens with zero attached hydrogens (tertiary/aromatic N) is 2. The van der Waals surface area contributed by atoms with Gasteiger partial charge in [0, 0.05) is 12.1 Å². The number of anilines is 1. The van der Waals surface area contributed by atoms with Gasteiger partial charge >= 0.3 is 5.97 Å². The quantitative estimate of drug-likeness (QED) is 0.544. The molecule has 0 aliphatic carbocycles. The molecule has 134 valence electrons. The van der Waals surface area contributed by atoms with Gasteiger partial charge in [0.05, 0.1) is 10.6 Å². The van der Waals surface area contributed by atoms with Gasteiger partial charge in [-0.25, -0.2) is 4.79 Å². The van der Waals surface area contributed by atoms with Crippen LogP contribution < -0.4 is 15.0 Å². The highest BCUT2D eigenvalue weighted by Gasteiger charge is 2.30. The number of nitro benzene ring substituents is 1. The minimum Gasteiger partial charge on any atom is -0.482 e. The van der Waals surface area contributed by atoms with Gasteiger partial charge in [-0.05, 0) is 12.5 Å². The highest BCUT2D eigenvalue weighted by Crippen LogP contribution is 2.35. The van der Waals surface area contributed by atoms with E-state index >= 15 is 0 Å². The number of amides is 2. The smallest absolute Gasteiger partial charge is 0.326 e. The Bertz CT molecular complexity index is 719. The Kier molecular flexibility index (Phi) is 5.52. The molecule has 0 aromatic heterocycles. The molecule has 0 fully saturated rings. The van der Waals surface area contributed by atoms with Gasteiger partial charge < -0.3 is 15.2 Å². The molecule has 0 radical (unpaired) electrons. The van der Waals surface area contributed by atoms with E-state index in [0.29, 0.717) is 6.42 Å². The third-order valence-electron chi connectivity index (χ3n) is 3.61. The SMILES string of the molecule is CCCC(NC(=O)CN1C(=O)COc2ccc([N+](=O)[O-])cc21)C(=O)O. The van der Waals surface area contributed by atoms with Crippen molar-refractivity contribution in [2.45, 2.75) is 25.8 Å². The van der Waals surface area contributed by atoms with E-state index in [9.17, 15) is 24.5 Å². The van der Waals surface area contributed by atoms with Crippen molar-refractivity contribution in [1.82, 2.24) is 5.32 Å². The first-order valence-electron chi connectivity index (χ1n) is 7.57. The zero-order valence-electron chi connectivity index (χ0n) is 13.4. The summed E-state index contributed by atoms with van der Waals surface area (Å²) in [6.45, 7) is 1.02. The number of benzene rings is 1. The van der Waals surface area contributed by atoms with Gasteiger partial charge in [0.25, 0.3) is 11.6 Å². The topological polar surface area (TPSA) is 139 Å². The summed E-state index contributed by atoms with van der Waals surface area (Å²) in [4.78, 5) is 46.6. The van der Waals surface area contributed by atoms with Crippen LogP contribution in [0.4, 0.5) is 11.4 Å². The second kappa shape index (κ2) is 7.60. The fraction of sp³-hybridized carbons (Fsp3) is 0.400. The Labute approximate surface area is 142 Å². The van der Waals surface area contributed by atoms with Crippen LogP contribution in [0.25, 0.3) is 0 Å². The summed E-state index contributed by atoms with van der Waals surface area (Å²) < 4.78 is 5.20. The van der Waals surface area contributed by atoms with E-state index in [4.69, 9.17) is 9.84 Å². The maximum absolute atomic E-state index is 12.1. The second-order valence-corrected chi connectivity index (χ2v) is 5.42. The van der Waals surface area contributed by atoms with E-state index in [2.05, 4.69) is 5.32 Å². The van der Waals surface area contributed by atoms with Crippen LogP contribution in [0, 0.1) is 10.1 Å². The predicted molar refractivity (Wildman–Crippen MR) is 85.4 cm³/mol. The molecule has 10 nitrogen and oxygen atoms in total. The Balaban J connectivity index is 2.20. The number of nitrogens with one attached hydrogen (secondary N) is 1. The number of carboxylic acids is 1. The molecule has 25 heavy (non-hydrogen) atoms. The Morgan fingerprint density at radius 3 is 2.80 bits per heavy atom. The van der Waals surface area contributed by atoms with Gasteiger partial charge in [-0.1, -0.05) is 13.3 Å². The minimum atomic E-state index is -1.17. The standard InChI is InChI=1S/C15H17N3O7/c1-2-3-10(15(21)22)16-13(19)7-17-11-6-9(18(23)24)4-5-12(11)25-8-14(17)20/h4-6,10H,2-3,7-8H2,1H3,(H,16,19)(H,21,22). The molecule has 0 saturated carbocycles. The van der Waals surface area contributed by atoms with Crippen LogP contribution in [0.3, 0.4) is 0 Å². The molecular formula is C15H17N3O7. The first kappa shape index (κ1) is 18.2. The monoisotopic (exact) mass is 351 g/mol. The Morgan fingerprint density at radius 2 is 2.20 bits per heavy atom. The average Bonchev–Trinajstić information content (AvgIpc) is 2.56. The fourth-order valence-corrected chi connectivity index (χ4v) is 2.41. The van der Waals surface area contributed by atoms with E-state index < -0.39 is 35.3 Å². The van der Waals surface area contributed by atoms with E-state index in [1.54, 1.807) is 6.92 Å². The molecule has 1 aromatic rings. The van der Waals surface area contributed by atoms with Crippen LogP contribution in [-0.4, -0.2) is 47.0 Å². The van der Waals surface area contributed by atoms with Crippen molar-refractivity contribution in [2.24, 2.45) is 0 Å². The second-order valence-electron chi connectivity index (χ2n) is 5.42. The molecular weight excluding hydrogens is 334 g/mol. The number of carbonyl (C=O) groups is 3. The third kappa shape index (κ3) is 4.22. The fourth-order valence-electron chi connectivity index (χ4n) is 2.41. The van der Waals surface area contributed by atoms with Gasteiger partial charge in [0.1, 0.15) is 18.3 Å². The minimum absolute atomic E-state index is 0.1000. The maximum atomic E-state index is 12.1. The number of aliphatic carboxylic acids is 1. The van der Waals surface area contributed by atoms with Crippen LogP contribution in [0.15, 0.2) is 18.2 Å². The molecule has 2 amide bonds. The number of non-ortho nitro benzene ring substituents is 1. The number of rotatable bonds is 7. The lowest BCUT2D eigenvalue weighted by Crippen LogP contribution is -2.49. The lowest BCUT2D eigenvalue weighted by atomic mass is 10.1. The summed E-state index contributed by atoms with van der Waals surface area (Å²) in [7, 11) is 0. The number of carbonyl (C=O) groups excluding carboxylic acids is 2. The molecule has 1 heterocycles. The van der Waals surface area contributed by atoms with Crippen molar-refractivity contribution in [3.05, 3.63) is 28.3 Å². The molecule has 2 N–H and O–H groups in total. The summed E-state index contributed by atoms with van der Waals surface area (Å²) in [5, 5.41) is 22.3. The van der Waals surface area contributed by atoms with Crippen LogP contribution in [0.1, 0.15) is 19.8 Å². The van der Waals surface area contributed by atoms with Crippen molar-refractivity contribution in [1.29, 1.82) is 0 Å². The maximum Gasteiger partial charge on any atom is 0.326 e. The molecule has 1 aliphatic heterocycles. The number of ether oxygens (including phenoxy) is 1. The number of nitro groups is 1. The predicted octanol–water partition coefficient (Wildman–Crippen LogP) is 0.690. The van der Waals surface area contributed by atoms with Crippen LogP contribution in [0.5, 0.6) is 5.75 Å². The molecule has 1 unspecified atom stereocenters. The molecule has 1 aromatic carbocycles. The Hall–Kier alpha value is -3.17. The van der Waals surface area contributed by atoms with Gasteiger partial charge in [-0.2, -0.15) is 0 Å². The largest absolute Gasteiger partial charge is 0.482 e. The lowest BCUT2D eigenvalue weighted by Gasteiger charge is -2.29. The first-order chi connectivity index (χ1) is 11.8. The molecule has 0 spiro atoms. The molecule has 2 rings (SSSR count). The zero-order valence-corrected chi connectivity index (χ0v) is 13.4. The first-order valence-corrected chi connectivity index (χ1v) is 7.57. The summed E-state index contributed by atoms with van der Waals surface area (Å²) in [5.74, 6) is -2.15. The number of carboxylic acid groups (broad SMARTS) is 1.